The zero-order valence-corrected chi connectivity index (χ0v) is 10.5. The van der Waals surface area contributed by atoms with Crippen molar-refractivity contribution < 1.29 is 9.66 Å². The van der Waals surface area contributed by atoms with Crippen molar-refractivity contribution in [3.8, 4) is 5.75 Å². The van der Waals surface area contributed by atoms with Crippen molar-refractivity contribution in [3.05, 3.63) is 32.3 Å². The highest BCUT2D eigenvalue weighted by molar-refractivity contribution is 9.10. The van der Waals surface area contributed by atoms with E-state index in [1.165, 1.54) is 7.11 Å². The molecule has 0 N–H and O–H groups in total. The summed E-state index contributed by atoms with van der Waals surface area (Å²) in [5.41, 5.74) is 0.656. The highest BCUT2D eigenvalue weighted by atomic mass is 79.9. The van der Waals surface area contributed by atoms with Crippen molar-refractivity contribution in [2.24, 2.45) is 0 Å². The molecular formula is C8H7Br2NO3. The molecule has 1 aromatic carbocycles. The van der Waals surface area contributed by atoms with Gasteiger partial charge in [-0.15, -0.1) is 0 Å². The van der Waals surface area contributed by atoms with Gasteiger partial charge < -0.3 is 4.74 Å². The van der Waals surface area contributed by atoms with Gasteiger partial charge >= 0.3 is 0 Å². The summed E-state index contributed by atoms with van der Waals surface area (Å²) in [6.07, 6.45) is 0. The van der Waals surface area contributed by atoms with Crippen LogP contribution in [0, 0.1) is 10.1 Å². The summed E-state index contributed by atoms with van der Waals surface area (Å²) in [6.45, 7) is 0. The summed E-state index contributed by atoms with van der Waals surface area (Å²) >= 11 is 6.33. The van der Waals surface area contributed by atoms with Crippen molar-refractivity contribution in [3.63, 3.8) is 0 Å². The van der Waals surface area contributed by atoms with Gasteiger partial charge in [-0.05, 0) is 22.0 Å². The molecule has 0 saturated carbocycles. The highest BCUT2D eigenvalue weighted by Gasteiger charge is 2.18. The number of alkyl halides is 1. The van der Waals surface area contributed by atoms with Gasteiger partial charge in [0.05, 0.1) is 16.5 Å². The quantitative estimate of drug-likeness (QED) is 0.487. The Hall–Kier alpha value is -0.620. The van der Waals surface area contributed by atoms with Crippen molar-refractivity contribution >= 4 is 37.5 Å². The minimum absolute atomic E-state index is 0.0719. The maximum absolute atomic E-state index is 10.7. The minimum atomic E-state index is -0.417. The van der Waals surface area contributed by atoms with Crippen LogP contribution in [0.2, 0.25) is 0 Å². The lowest BCUT2D eigenvalue weighted by atomic mass is 10.2. The number of nitro groups is 1. The van der Waals surface area contributed by atoms with Gasteiger partial charge in [0.1, 0.15) is 5.75 Å². The van der Waals surface area contributed by atoms with E-state index in [-0.39, 0.29) is 5.69 Å². The van der Waals surface area contributed by atoms with Crippen molar-refractivity contribution in [2.45, 2.75) is 5.33 Å². The van der Waals surface area contributed by atoms with Crippen molar-refractivity contribution in [1.82, 2.24) is 0 Å². The summed E-state index contributed by atoms with van der Waals surface area (Å²) in [4.78, 5) is 10.3. The maximum atomic E-state index is 10.7. The smallest absolute Gasteiger partial charge is 0.287 e. The summed E-state index contributed by atoms with van der Waals surface area (Å²) in [6, 6.07) is 3.21. The molecule has 0 aliphatic heterocycles. The summed E-state index contributed by atoms with van der Waals surface area (Å²) in [5, 5.41) is 11.1. The van der Waals surface area contributed by atoms with E-state index >= 15 is 0 Å². The fourth-order valence-electron chi connectivity index (χ4n) is 1.05. The molecule has 0 aromatic heterocycles. The van der Waals surface area contributed by atoms with E-state index in [1.807, 2.05) is 0 Å². The van der Waals surface area contributed by atoms with Crippen LogP contribution in [0.15, 0.2) is 16.6 Å². The predicted molar refractivity (Wildman–Crippen MR) is 60.0 cm³/mol. The highest BCUT2D eigenvalue weighted by Crippen LogP contribution is 2.34. The standard InChI is InChI=1S/C8H7Br2NO3/c1-14-6-2-5(4-9)8(11(12)13)7(10)3-6/h2-3H,4H2,1H3. The van der Waals surface area contributed by atoms with Gasteiger partial charge in [-0.1, -0.05) is 15.9 Å². The largest absolute Gasteiger partial charge is 0.497 e. The number of ether oxygens (including phenoxy) is 1. The molecule has 0 unspecified atom stereocenters. The SMILES string of the molecule is COc1cc(Br)c([N+](=O)[O-])c(CBr)c1. The normalized spacial score (nSPS) is 9.93. The monoisotopic (exact) mass is 323 g/mol. The molecule has 0 fully saturated rings. The Bertz CT molecular complexity index is 368. The third-order valence-electron chi connectivity index (χ3n) is 1.68. The van der Waals surface area contributed by atoms with Crippen LogP contribution in [-0.4, -0.2) is 12.0 Å². The van der Waals surface area contributed by atoms with Gasteiger partial charge in [0.15, 0.2) is 0 Å². The van der Waals surface area contributed by atoms with Crippen LogP contribution >= 0.6 is 31.9 Å². The molecule has 1 rings (SSSR count). The van der Waals surface area contributed by atoms with E-state index in [2.05, 4.69) is 31.9 Å². The van der Waals surface area contributed by atoms with Crippen molar-refractivity contribution in [1.29, 1.82) is 0 Å². The third kappa shape index (κ3) is 2.24. The Morgan fingerprint density at radius 3 is 2.64 bits per heavy atom. The lowest BCUT2D eigenvalue weighted by molar-refractivity contribution is -0.386. The zero-order valence-electron chi connectivity index (χ0n) is 7.29. The molecule has 0 heterocycles. The van der Waals surface area contributed by atoms with Crippen LogP contribution < -0.4 is 4.74 Å². The Morgan fingerprint density at radius 1 is 1.57 bits per heavy atom. The number of methoxy groups -OCH3 is 1. The molecule has 14 heavy (non-hydrogen) atoms. The lowest BCUT2D eigenvalue weighted by Crippen LogP contribution is -1.96. The molecule has 0 saturated heterocycles. The van der Waals surface area contributed by atoms with Gasteiger partial charge in [-0.3, -0.25) is 10.1 Å². The van der Waals surface area contributed by atoms with Gasteiger partial charge in [-0.25, -0.2) is 0 Å². The van der Waals surface area contributed by atoms with E-state index in [0.717, 1.165) is 0 Å². The topological polar surface area (TPSA) is 52.4 Å². The third-order valence-corrected chi connectivity index (χ3v) is 2.89. The van der Waals surface area contributed by atoms with Crippen LogP contribution in [0.1, 0.15) is 5.56 Å². The number of nitrogens with zero attached hydrogens (tertiary/aromatic N) is 1. The van der Waals surface area contributed by atoms with Crippen LogP contribution in [0.5, 0.6) is 5.75 Å². The fourth-order valence-corrected chi connectivity index (χ4v) is 2.11. The number of hydrogen-bond acceptors (Lipinski definition) is 3. The number of rotatable bonds is 3. The second-order valence-corrected chi connectivity index (χ2v) is 3.92. The van der Waals surface area contributed by atoms with E-state index in [9.17, 15) is 10.1 Å². The molecule has 0 aliphatic rings. The summed E-state index contributed by atoms with van der Waals surface area (Å²) in [5.74, 6) is 0.594. The number of nitro benzene ring substituents is 1. The summed E-state index contributed by atoms with van der Waals surface area (Å²) in [7, 11) is 1.52. The van der Waals surface area contributed by atoms with Crippen LogP contribution in [0.4, 0.5) is 5.69 Å². The first kappa shape index (κ1) is 11.5. The Kier molecular flexibility index (Phi) is 3.88. The molecule has 0 aliphatic carbocycles. The van der Waals surface area contributed by atoms with Gasteiger partial charge in [-0.2, -0.15) is 0 Å². The number of benzene rings is 1. The minimum Gasteiger partial charge on any atom is -0.497 e. The molecule has 6 heteroatoms. The second-order valence-electron chi connectivity index (χ2n) is 2.51. The fraction of sp³-hybridized carbons (Fsp3) is 0.250. The van der Waals surface area contributed by atoms with Crippen LogP contribution in [-0.2, 0) is 5.33 Å². The first-order valence-corrected chi connectivity index (χ1v) is 5.58. The predicted octanol–water partition coefficient (Wildman–Crippen LogP) is 3.26. The molecular weight excluding hydrogens is 318 g/mol. The molecule has 4 nitrogen and oxygen atoms in total. The lowest BCUT2D eigenvalue weighted by Gasteiger charge is -2.05. The summed E-state index contributed by atoms with van der Waals surface area (Å²) < 4.78 is 5.43. The van der Waals surface area contributed by atoms with Gasteiger partial charge in [0.2, 0.25) is 0 Å². The molecule has 0 radical (unpaired) electrons. The average molecular weight is 325 g/mol. The molecule has 76 valence electrons. The van der Waals surface area contributed by atoms with Gasteiger partial charge in [0.25, 0.3) is 5.69 Å². The number of halogens is 2. The zero-order chi connectivity index (χ0) is 10.7. The molecule has 1 aromatic rings. The molecule has 0 amide bonds. The Morgan fingerprint density at radius 2 is 2.21 bits per heavy atom. The maximum Gasteiger partial charge on any atom is 0.287 e. The Labute approximate surface area is 97.7 Å². The molecule has 0 atom stereocenters. The van der Waals surface area contributed by atoms with Crippen LogP contribution in [0.25, 0.3) is 0 Å². The first-order valence-electron chi connectivity index (χ1n) is 3.67. The van der Waals surface area contributed by atoms with Gasteiger partial charge in [0, 0.05) is 17.0 Å². The Balaban J connectivity index is 3.34. The number of hydrogen-bond donors (Lipinski definition) is 0. The van der Waals surface area contributed by atoms with E-state index in [0.29, 0.717) is 21.1 Å². The first-order chi connectivity index (χ1) is 6.60. The second kappa shape index (κ2) is 4.75. The molecule has 0 bridgehead atoms. The van der Waals surface area contributed by atoms with Crippen LogP contribution in [0.3, 0.4) is 0 Å². The average Bonchev–Trinajstić information content (AvgIpc) is 2.15. The van der Waals surface area contributed by atoms with E-state index < -0.39 is 4.92 Å². The van der Waals surface area contributed by atoms with E-state index in [4.69, 9.17) is 4.74 Å². The van der Waals surface area contributed by atoms with E-state index in [1.54, 1.807) is 12.1 Å². The molecule has 0 spiro atoms. The van der Waals surface area contributed by atoms with Crippen molar-refractivity contribution in [2.75, 3.05) is 7.11 Å².